The van der Waals surface area contributed by atoms with Gasteiger partial charge in [0.25, 0.3) is 0 Å². The zero-order valence-corrected chi connectivity index (χ0v) is 4.33. The van der Waals surface area contributed by atoms with Crippen molar-refractivity contribution in [2.24, 2.45) is 0 Å². The SMILES string of the molecule is O=C(O)OCCCO. The van der Waals surface area contributed by atoms with Crippen LogP contribution in [0.15, 0.2) is 0 Å². The Bertz CT molecular complexity index is 70.4. The zero-order chi connectivity index (χ0) is 6.41. The van der Waals surface area contributed by atoms with E-state index in [1.165, 1.54) is 0 Å². The highest BCUT2D eigenvalue weighted by atomic mass is 16.7. The molecule has 2 N–H and O–H groups in total. The van der Waals surface area contributed by atoms with Gasteiger partial charge in [-0.2, -0.15) is 0 Å². The molecular weight excluding hydrogens is 112 g/mol. The van der Waals surface area contributed by atoms with Crippen LogP contribution in [0.5, 0.6) is 0 Å². The van der Waals surface area contributed by atoms with Crippen LogP contribution < -0.4 is 0 Å². The highest BCUT2D eigenvalue weighted by Crippen LogP contribution is 1.79. The van der Waals surface area contributed by atoms with Gasteiger partial charge < -0.3 is 14.9 Å². The first kappa shape index (κ1) is 7.23. The lowest BCUT2D eigenvalue weighted by Gasteiger charge is -1.94. The fraction of sp³-hybridized carbons (Fsp3) is 0.750. The van der Waals surface area contributed by atoms with Crippen LogP contribution in [0, 0.1) is 0 Å². The molecule has 0 radical (unpaired) electrons. The van der Waals surface area contributed by atoms with E-state index in [2.05, 4.69) is 4.74 Å². The Morgan fingerprint density at radius 2 is 2.25 bits per heavy atom. The van der Waals surface area contributed by atoms with E-state index in [-0.39, 0.29) is 13.2 Å². The summed E-state index contributed by atoms with van der Waals surface area (Å²) < 4.78 is 4.04. The molecule has 0 aromatic rings. The van der Waals surface area contributed by atoms with Crippen molar-refractivity contribution in [3.8, 4) is 0 Å². The maximum absolute atomic E-state index is 9.57. The van der Waals surface area contributed by atoms with E-state index in [9.17, 15) is 4.79 Å². The highest BCUT2D eigenvalue weighted by molar-refractivity contribution is 5.56. The van der Waals surface area contributed by atoms with Crippen molar-refractivity contribution in [3.05, 3.63) is 0 Å². The normalized spacial score (nSPS) is 8.62. The second-order valence-electron chi connectivity index (χ2n) is 1.19. The van der Waals surface area contributed by atoms with Crippen molar-refractivity contribution in [2.45, 2.75) is 6.42 Å². The van der Waals surface area contributed by atoms with Gasteiger partial charge in [-0.25, -0.2) is 4.79 Å². The molecule has 4 nitrogen and oxygen atoms in total. The summed E-state index contributed by atoms with van der Waals surface area (Å²) in [6.07, 6.45) is -0.926. The third-order valence-electron chi connectivity index (χ3n) is 0.528. The number of hydrogen-bond donors (Lipinski definition) is 2. The molecule has 8 heavy (non-hydrogen) atoms. The number of carboxylic acid groups (broad SMARTS) is 1. The van der Waals surface area contributed by atoms with Gasteiger partial charge >= 0.3 is 6.16 Å². The summed E-state index contributed by atoms with van der Waals surface area (Å²) in [6, 6.07) is 0. The molecule has 48 valence electrons. The van der Waals surface area contributed by atoms with Gasteiger partial charge in [0, 0.05) is 13.0 Å². The standard InChI is InChI=1S/C4H8O4/c5-2-1-3-8-4(6)7/h5H,1-3H2,(H,6,7). The number of aliphatic hydroxyl groups excluding tert-OH is 1. The van der Waals surface area contributed by atoms with Gasteiger partial charge in [-0.05, 0) is 0 Å². The molecule has 0 saturated heterocycles. The van der Waals surface area contributed by atoms with E-state index in [0.717, 1.165) is 0 Å². The van der Waals surface area contributed by atoms with Gasteiger partial charge in [0.15, 0.2) is 0 Å². The fourth-order valence-corrected chi connectivity index (χ4v) is 0.224. The molecule has 0 aromatic heterocycles. The monoisotopic (exact) mass is 120 g/mol. The maximum Gasteiger partial charge on any atom is 0.505 e. The number of carbonyl (C=O) groups is 1. The second kappa shape index (κ2) is 4.39. The summed E-state index contributed by atoms with van der Waals surface area (Å²) in [5.41, 5.74) is 0. The summed E-state index contributed by atoms with van der Waals surface area (Å²) >= 11 is 0. The van der Waals surface area contributed by atoms with Crippen LogP contribution in [0.4, 0.5) is 4.79 Å². The molecule has 0 amide bonds. The predicted molar refractivity (Wildman–Crippen MR) is 25.7 cm³/mol. The molecule has 0 aliphatic rings. The molecule has 0 atom stereocenters. The van der Waals surface area contributed by atoms with E-state index >= 15 is 0 Å². The molecule has 0 aliphatic carbocycles. The first-order valence-electron chi connectivity index (χ1n) is 2.24. The minimum atomic E-state index is -1.29. The second-order valence-corrected chi connectivity index (χ2v) is 1.19. The number of hydrogen-bond acceptors (Lipinski definition) is 3. The van der Waals surface area contributed by atoms with Crippen molar-refractivity contribution < 1.29 is 19.7 Å². The number of aliphatic hydroxyl groups is 1. The molecule has 0 spiro atoms. The van der Waals surface area contributed by atoms with Gasteiger partial charge in [0.2, 0.25) is 0 Å². The van der Waals surface area contributed by atoms with Crippen LogP contribution in [0.1, 0.15) is 6.42 Å². The summed E-state index contributed by atoms with van der Waals surface area (Å²) in [7, 11) is 0. The molecule has 0 unspecified atom stereocenters. The average Bonchev–Trinajstić information content (AvgIpc) is 1.66. The largest absolute Gasteiger partial charge is 0.505 e. The fourth-order valence-electron chi connectivity index (χ4n) is 0.224. The Morgan fingerprint density at radius 1 is 1.62 bits per heavy atom. The summed E-state index contributed by atoms with van der Waals surface area (Å²) in [6.45, 7) is 0.0408. The van der Waals surface area contributed by atoms with E-state index in [1.54, 1.807) is 0 Å². The Morgan fingerprint density at radius 3 is 2.62 bits per heavy atom. The Hall–Kier alpha value is -0.770. The van der Waals surface area contributed by atoms with Crippen molar-refractivity contribution in [1.29, 1.82) is 0 Å². The van der Waals surface area contributed by atoms with Crippen LogP contribution >= 0.6 is 0 Å². The Balaban J connectivity index is 2.82. The first-order chi connectivity index (χ1) is 3.77. The molecule has 0 saturated carbocycles. The molecule has 0 rings (SSSR count). The first-order valence-corrected chi connectivity index (χ1v) is 2.24. The quantitative estimate of drug-likeness (QED) is 0.408. The van der Waals surface area contributed by atoms with Gasteiger partial charge in [-0.15, -0.1) is 0 Å². The molecule has 0 heterocycles. The van der Waals surface area contributed by atoms with Crippen LogP contribution in [0.25, 0.3) is 0 Å². The van der Waals surface area contributed by atoms with Gasteiger partial charge in [0.05, 0.1) is 6.61 Å². The third kappa shape index (κ3) is 5.23. The van der Waals surface area contributed by atoms with Gasteiger partial charge in [0.1, 0.15) is 0 Å². The minimum absolute atomic E-state index is 0.0344. The summed E-state index contributed by atoms with van der Waals surface area (Å²) in [5, 5.41) is 15.9. The summed E-state index contributed by atoms with van der Waals surface area (Å²) in [4.78, 5) is 9.57. The van der Waals surface area contributed by atoms with Crippen molar-refractivity contribution in [2.75, 3.05) is 13.2 Å². The van der Waals surface area contributed by atoms with Gasteiger partial charge in [-0.3, -0.25) is 0 Å². The molecule has 0 fully saturated rings. The van der Waals surface area contributed by atoms with Crippen molar-refractivity contribution >= 4 is 6.16 Å². The van der Waals surface area contributed by atoms with Crippen LogP contribution in [-0.2, 0) is 4.74 Å². The Labute approximate surface area is 46.7 Å². The lowest BCUT2D eigenvalue weighted by Crippen LogP contribution is -2.02. The van der Waals surface area contributed by atoms with E-state index in [4.69, 9.17) is 10.2 Å². The van der Waals surface area contributed by atoms with E-state index in [0.29, 0.717) is 6.42 Å². The van der Waals surface area contributed by atoms with E-state index < -0.39 is 6.16 Å². The number of ether oxygens (including phenoxy) is 1. The smallest absolute Gasteiger partial charge is 0.450 e. The van der Waals surface area contributed by atoms with Crippen LogP contribution in [0.3, 0.4) is 0 Å². The third-order valence-corrected chi connectivity index (χ3v) is 0.528. The molecule has 0 aliphatic heterocycles. The molecule has 4 heteroatoms. The van der Waals surface area contributed by atoms with Gasteiger partial charge in [-0.1, -0.05) is 0 Å². The minimum Gasteiger partial charge on any atom is -0.450 e. The molecule has 0 aromatic carbocycles. The van der Waals surface area contributed by atoms with Crippen LogP contribution in [-0.4, -0.2) is 29.6 Å². The van der Waals surface area contributed by atoms with E-state index in [1.807, 2.05) is 0 Å². The van der Waals surface area contributed by atoms with Crippen molar-refractivity contribution in [1.82, 2.24) is 0 Å². The lowest BCUT2D eigenvalue weighted by atomic mass is 10.5. The molecule has 0 bridgehead atoms. The summed E-state index contributed by atoms with van der Waals surface area (Å²) in [5.74, 6) is 0. The number of rotatable bonds is 3. The Kier molecular flexibility index (Phi) is 3.97. The zero-order valence-electron chi connectivity index (χ0n) is 4.33. The highest BCUT2D eigenvalue weighted by Gasteiger charge is 1.92. The maximum atomic E-state index is 9.57. The predicted octanol–water partition coefficient (Wildman–Crippen LogP) is 0.0634. The average molecular weight is 120 g/mol. The molecular formula is C4H8O4. The van der Waals surface area contributed by atoms with Crippen LogP contribution in [0.2, 0.25) is 0 Å². The van der Waals surface area contributed by atoms with Crippen molar-refractivity contribution in [3.63, 3.8) is 0 Å². The topological polar surface area (TPSA) is 66.8 Å². The lowest BCUT2D eigenvalue weighted by molar-refractivity contribution is 0.0855.